The van der Waals surface area contributed by atoms with Gasteiger partial charge in [0, 0.05) is 25.5 Å². The van der Waals surface area contributed by atoms with Crippen LogP contribution in [-0.4, -0.2) is 30.7 Å². The molecule has 3 atom stereocenters. The second kappa shape index (κ2) is 3.97. The summed E-state index contributed by atoms with van der Waals surface area (Å²) in [4.78, 5) is 13.8. The van der Waals surface area contributed by atoms with Crippen LogP contribution in [0.1, 0.15) is 26.7 Å². The number of carbonyl (C=O) groups is 1. The molecule has 1 fully saturated rings. The van der Waals surface area contributed by atoms with Crippen LogP contribution in [0.5, 0.6) is 0 Å². The monoisotopic (exact) mass is 209 g/mol. The van der Waals surface area contributed by atoms with E-state index < -0.39 is 0 Å². The number of rotatable bonds is 2. The number of allylic oxidation sites excluding steroid dienone is 2. The van der Waals surface area contributed by atoms with Crippen molar-refractivity contribution in [3.63, 3.8) is 0 Å². The quantitative estimate of drug-likeness (QED) is 0.649. The molecule has 0 bridgehead atoms. The molecule has 0 spiro atoms. The molecule has 0 N–H and O–H groups in total. The second-order valence-corrected chi connectivity index (χ2v) is 4.56. The lowest BCUT2D eigenvalue weighted by Gasteiger charge is -2.26. The summed E-state index contributed by atoms with van der Waals surface area (Å²) in [6.45, 7) is 4.77. The first kappa shape index (κ1) is 10.7. The predicted molar refractivity (Wildman–Crippen MR) is 58.2 cm³/mol. The van der Waals surface area contributed by atoms with E-state index in [0.717, 1.165) is 12.8 Å². The molecule has 0 aromatic carbocycles. The molecule has 1 heterocycles. The van der Waals surface area contributed by atoms with Gasteiger partial charge in [-0.15, -0.1) is 0 Å². The Morgan fingerprint density at radius 2 is 2.33 bits per heavy atom. The molecule has 1 amide bonds. The van der Waals surface area contributed by atoms with Crippen molar-refractivity contribution in [1.82, 2.24) is 4.90 Å². The Morgan fingerprint density at radius 3 is 3.00 bits per heavy atom. The second-order valence-electron chi connectivity index (χ2n) is 4.56. The molecule has 0 radical (unpaired) electrons. The van der Waals surface area contributed by atoms with Crippen LogP contribution < -0.4 is 0 Å². The van der Waals surface area contributed by atoms with E-state index in [-0.39, 0.29) is 18.1 Å². The van der Waals surface area contributed by atoms with Crippen molar-refractivity contribution < 1.29 is 9.53 Å². The third-order valence-corrected chi connectivity index (χ3v) is 3.55. The number of fused-ring (bicyclic) bond motifs is 1. The molecular formula is C12H19NO2. The van der Waals surface area contributed by atoms with Gasteiger partial charge in [-0.3, -0.25) is 4.79 Å². The summed E-state index contributed by atoms with van der Waals surface area (Å²) < 4.78 is 5.67. The first-order valence-corrected chi connectivity index (χ1v) is 5.69. The maximum Gasteiger partial charge on any atom is 0.228 e. The molecular weight excluding hydrogens is 190 g/mol. The molecule has 15 heavy (non-hydrogen) atoms. The van der Waals surface area contributed by atoms with Gasteiger partial charge in [0.05, 0.1) is 0 Å². The van der Waals surface area contributed by atoms with E-state index in [0.29, 0.717) is 12.5 Å². The highest BCUT2D eigenvalue weighted by molar-refractivity contribution is 5.82. The van der Waals surface area contributed by atoms with E-state index in [1.54, 1.807) is 4.90 Å². The lowest BCUT2D eigenvalue weighted by atomic mass is 9.81. The van der Waals surface area contributed by atoms with Gasteiger partial charge < -0.3 is 9.64 Å². The van der Waals surface area contributed by atoms with Crippen molar-refractivity contribution in [2.45, 2.75) is 32.9 Å². The van der Waals surface area contributed by atoms with E-state index in [1.165, 1.54) is 5.57 Å². The highest BCUT2D eigenvalue weighted by Crippen LogP contribution is 2.40. The molecule has 0 unspecified atom stereocenters. The SMILES string of the molecule is CCO[C@H]1[C@@H]2CC=C(C)C[C@@H]2C(=O)N1C. The lowest BCUT2D eigenvalue weighted by molar-refractivity contribution is -0.136. The smallest absolute Gasteiger partial charge is 0.228 e. The number of carbonyl (C=O) groups excluding carboxylic acids is 1. The summed E-state index contributed by atoms with van der Waals surface area (Å²) in [7, 11) is 1.86. The average molecular weight is 209 g/mol. The Hall–Kier alpha value is -0.830. The largest absolute Gasteiger partial charge is 0.358 e. The van der Waals surface area contributed by atoms with Gasteiger partial charge in [0.2, 0.25) is 5.91 Å². The summed E-state index contributed by atoms with van der Waals surface area (Å²) in [6.07, 6.45) is 4.14. The summed E-state index contributed by atoms with van der Waals surface area (Å²) in [5, 5.41) is 0. The van der Waals surface area contributed by atoms with Crippen LogP contribution in [0.15, 0.2) is 11.6 Å². The van der Waals surface area contributed by atoms with Gasteiger partial charge in [-0.1, -0.05) is 11.6 Å². The number of hydrogen-bond acceptors (Lipinski definition) is 2. The number of likely N-dealkylation sites (tertiary alicyclic amines) is 1. The molecule has 84 valence electrons. The number of nitrogens with zero attached hydrogens (tertiary/aromatic N) is 1. The van der Waals surface area contributed by atoms with E-state index in [4.69, 9.17) is 4.74 Å². The molecule has 0 saturated carbocycles. The fraction of sp³-hybridized carbons (Fsp3) is 0.750. The van der Waals surface area contributed by atoms with Crippen molar-refractivity contribution in [2.75, 3.05) is 13.7 Å². The zero-order chi connectivity index (χ0) is 11.0. The van der Waals surface area contributed by atoms with Crippen LogP contribution in [0.2, 0.25) is 0 Å². The Morgan fingerprint density at radius 1 is 1.60 bits per heavy atom. The van der Waals surface area contributed by atoms with Crippen LogP contribution in [0, 0.1) is 11.8 Å². The maximum absolute atomic E-state index is 12.0. The Bertz CT molecular complexity index is 298. The van der Waals surface area contributed by atoms with Crippen LogP contribution in [0.4, 0.5) is 0 Å². The van der Waals surface area contributed by atoms with Gasteiger partial charge in [-0.25, -0.2) is 0 Å². The molecule has 2 aliphatic rings. The van der Waals surface area contributed by atoms with Crippen LogP contribution >= 0.6 is 0 Å². The third kappa shape index (κ3) is 1.69. The normalized spacial score (nSPS) is 35.4. The molecule has 1 aliphatic carbocycles. The highest BCUT2D eigenvalue weighted by Gasteiger charge is 2.47. The van der Waals surface area contributed by atoms with E-state index >= 15 is 0 Å². The van der Waals surface area contributed by atoms with Crippen molar-refractivity contribution in [1.29, 1.82) is 0 Å². The Kier molecular flexibility index (Phi) is 2.83. The molecule has 3 heteroatoms. The summed E-state index contributed by atoms with van der Waals surface area (Å²) in [6, 6.07) is 0. The van der Waals surface area contributed by atoms with Gasteiger partial charge in [-0.2, -0.15) is 0 Å². The molecule has 0 aromatic heterocycles. The van der Waals surface area contributed by atoms with Gasteiger partial charge in [0.15, 0.2) is 0 Å². The van der Waals surface area contributed by atoms with E-state index in [9.17, 15) is 4.79 Å². The first-order valence-electron chi connectivity index (χ1n) is 5.69. The van der Waals surface area contributed by atoms with Crippen molar-refractivity contribution in [3.8, 4) is 0 Å². The number of ether oxygens (including phenoxy) is 1. The van der Waals surface area contributed by atoms with Crippen molar-refractivity contribution >= 4 is 5.91 Å². The zero-order valence-corrected chi connectivity index (χ0v) is 9.69. The summed E-state index contributed by atoms with van der Waals surface area (Å²) >= 11 is 0. The van der Waals surface area contributed by atoms with Gasteiger partial charge in [0.1, 0.15) is 6.23 Å². The highest BCUT2D eigenvalue weighted by atomic mass is 16.5. The zero-order valence-electron chi connectivity index (χ0n) is 9.69. The van der Waals surface area contributed by atoms with Crippen molar-refractivity contribution in [2.24, 2.45) is 11.8 Å². The number of hydrogen-bond donors (Lipinski definition) is 0. The predicted octanol–water partition coefficient (Wildman–Crippen LogP) is 1.79. The van der Waals surface area contributed by atoms with Crippen LogP contribution in [0.3, 0.4) is 0 Å². The summed E-state index contributed by atoms with van der Waals surface area (Å²) in [5.41, 5.74) is 1.34. The molecule has 1 aliphatic heterocycles. The fourth-order valence-electron chi connectivity index (χ4n) is 2.75. The van der Waals surface area contributed by atoms with Gasteiger partial charge >= 0.3 is 0 Å². The number of amides is 1. The third-order valence-electron chi connectivity index (χ3n) is 3.55. The minimum atomic E-state index is -0.00292. The average Bonchev–Trinajstić information content (AvgIpc) is 2.44. The summed E-state index contributed by atoms with van der Waals surface area (Å²) in [5.74, 6) is 0.786. The lowest BCUT2D eigenvalue weighted by Crippen LogP contribution is -2.34. The van der Waals surface area contributed by atoms with Crippen LogP contribution in [-0.2, 0) is 9.53 Å². The maximum atomic E-state index is 12.0. The minimum absolute atomic E-state index is 0.00292. The standard InChI is InChI=1S/C12H19NO2/c1-4-15-12-9-6-5-8(2)7-10(9)11(14)13(12)3/h5,9-10,12H,4,6-7H2,1-3H3/t9-,10+,12+/m1/s1. The molecule has 1 saturated heterocycles. The van der Waals surface area contributed by atoms with Gasteiger partial charge in [-0.05, 0) is 26.7 Å². The Balaban J connectivity index is 2.19. The topological polar surface area (TPSA) is 29.5 Å². The first-order chi connectivity index (χ1) is 7.15. The van der Waals surface area contributed by atoms with Crippen LogP contribution in [0.25, 0.3) is 0 Å². The van der Waals surface area contributed by atoms with E-state index in [1.807, 2.05) is 14.0 Å². The van der Waals surface area contributed by atoms with E-state index in [2.05, 4.69) is 13.0 Å². The Labute approximate surface area is 91.1 Å². The molecule has 3 nitrogen and oxygen atoms in total. The van der Waals surface area contributed by atoms with Gasteiger partial charge in [0.25, 0.3) is 0 Å². The minimum Gasteiger partial charge on any atom is -0.358 e. The fourth-order valence-corrected chi connectivity index (χ4v) is 2.75. The molecule has 2 rings (SSSR count). The van der Waals surface area contributed by atoms with Crippen molar-refractivity contribution in [3.05, 3.63) is 11.6 Å². The molecule has 0 aromatic rings.